The number of halogens is 1. The number of esters is 1. The molecule has 0 radical (unpaired) electrons. The molecule has 0 saturated carbocycles. The number of rotatable bonds is 6. The molecule has 1 N–H and O–H groups in total. The maximum absolute atomic E-state index is 13.9. The highest BCUT2D eigenvalue weighted by Gasteiger charge is 2.35. The van der Waals surface area contributed by atoms with E-state index < -0.39 is 23.0 Å². The lowest BCUT2D eigenvalue weighted by Crippen LogP contribution is -2.49. The third-order valence-electron chi connectivity index (χ3n) is 3.75. The Labute approximate surface area is 125 Å². The summed E-state index contributed by atoms with van der Waals surface area (Å²) in [5.74, 6) is -0.955. The van der Waals surface area contributed by atoms with Gasteiger partial charge in [0.1, 0.15) is 5.82 Å². The molecular weight excluding hydrogens is 274 g/mol. The van der Waals surface area contributed by atoms with Crippen molar-refractivity contribution in [3.63, 3.8) is 0 Å². The summed E-state index contributed by atoms with van der Waals surface area (Å²) in [6.07, 6.45) is -0.0986. The van der Waals surface area contributed by atoms with Gasteiger partial charge in [0.05, 0.1) is 24.7 Å². The minimum atomic E-state index is -1.02. The van der Waals surface area contributed by atoms with Crippen LogP contribution in [0.15, 0.2) is 18.2 Å². The van der Waals surface area contributed by atoms with E-state index in [4.69, 9.17) is 4.65 Å². The molecule has 0 atom stereocenters. The molecule has 4 nitrogen and oxygen atoms in total. The Morgan fingerprint density at radius 3 is 2.43 bits per heavy atom. The van der Waals surface area contributed by atoms with Gasteiger partial charge in [0.2, 0.25) is 0 Å². The fourth-order valence-corrected chi connectivity index (χ4v) is 1.49. The van der Waals surface area contributed by atoms with E-state index in [1.807, 2.05) is 0 Å². The van der Waals surface area contributed by atoms with Crippen LogP contribution in [0.1, 0.15) is 33.3 Å². The SMILES string of the molecule is COC(=O)Cc1ccc(BOC(C)(C)C(C)(C)O)cc1F. The highest BCUT2D eigenvalue weighted by molar-refractivity contribution is 6.47. The molecule has 0 fully saturated rings. The third-order valence-corrected chi connectivity index (χ3v) is 3.75. The Morgan fingerprint density at radius 1 is 1.33 bits per heavy atom. The van der Waals surface area contributed by atoms with Crippen LogP contribution in [0.4, 0.5) is 4.39 Å². The molecular formula is C15H22BFO4. The van der Waals surface area contributed by atoms with Crippen molar-refractivity contribution in [2.75, 3.05) is 7.11 Å². The van der Waals surface area contributed by atoms with Crippen LogP contribution in [0.25, 0.3) is 0 Å². The maximum atomic E-state index is 13.9. The molecule has 21 heavy (non-hydrogen) atoms. The van der Waals surface area contributed by atoms with Crippen LogP contribution in [0, 0.1) is 5.82 Å². The summed E-state index contributed by atoms with van der Waals surface area (Å²) < 4.78 is 24.1. The van der Waals surface area contributed by atoms with Crippen LogP contribution < -0.4 is 5.46 Å². The lowest BCUT2D eigenvalue weighted by atomic mass is 9.82. The molecule has 6 heteroatoms. The Hall–Kier alpha value is -1.40. The standard InChI is InChI=1S/C15H22BFO4/c1-14(2,19)15(3,4)21-16-11-7-6-10(12(17)9-11)8-13(18)20-5/h6-7,9,16,19H,8H2,1-5H3. The quantitative estimate of drug-likeness (QED) is 0.630. The first-order chi connectivity index (χ1) is 9.56. The highest BCUT2D eigenvalue weighted by atomic mass is 19.1. The third kappa shape index (κ3) is 4.83. The van der Waals surface area contributed by atoms with Gasteiger partial charge >= 0.3 is 13.5 Å². The summed E-state index contributed by atoms with van der Waals surface area (Å²) in [5.41, 5.74) is -0.865. The van der Waals surface area contributed by atoms with E-state index in [2.05, 4.69) is 4.74 Å². The van der Waals surface area contributed by atoms with Gasteiger partial charge < -0.3 is 14.5 Å². The monoisotopic (exact) mass is 296 g/mol. The lowest BCUT2D eigenvalue weighted by molar-refractivity contribution is -0.139. The fraction of sp³-hybridized carbons (Fsp3) is 0.533. The second-order valence-corrected chi connectivity index (χ2v) is 6.04. The summed E-state index contributed by atoms with van der Waals surface area (Å²) >= 11 is 0. The first-order valence-electron chi connectivity index (χ1n) is 6.77. The Kier molecular flexibility index (Phi) is 5.53. The average molecular weight is 296 g/mol. The molecule has 1 rings (SSSR count). The van der Waals surface area contributed by atoms with Gasteiger partial charge in [-0.3, -0.25) is 4.79 Å². The molecule has 1 aromatic rings. The Bertz CT molecular complexity index is 509. The number of carbonyl (C=O) groups excluding carboxylic acids is 1. The molecule has 0 unspecified atom stereocenters. The van der Waals surface area contributed by atoms with E-state index in [1.165, 1.54) is 13.2 Å². The van der Waals surface area contributed by atoms with Gasteiger partial charge in [-0.15, -0.1) is 0 Å². The number of hydrogen-bond donors (Lipinski definition) is 1. The molecule has 116 valence electrons. The van der Waals surface area contributed by atoms with E-state index >= 15 is 0 Å². The van der Waals surface area contributed by atoms with Crippen LogP contribution in [0.3, 0.4) is 0 Å². The zero-order valence-electron chi connectivity index (χ0n) is 13.2. The number of hydrogen-bond acceptors (Lipinski definition) is 4. The summed E-state index contributed by atoms with van der Waals surface area (Å²) in [4.78, 5) is 11.1. The van der Waals surface area contributed by atoms with E-state index in [0.717, 1.165) is 0 Å². The van der Waals surface area contributed by atoms with Gasteiger partial charge in [0.25, 0.3) is 0 Å². The second kappa shape index (κ2) is 6.58. The van der Waals surface area contributed by atoms with Crippen molar-refractivity contribution < 1.29 is 23.7 Å². The van der Waals surface area contributed by atoms with Crippen molar-refractivity contribution in [1.29, 1.82) is 0 Å². The predicted molar refractivity (Wildman–Crippen MR) is 80.4 cm³/mol. The highest BCUT2D eigenvalue weighted by Crippen LogP contribution is 2.24. The molecule has 0 aliphatic carbocycles. The van der Waals surface area contributed by atoms with E-state index in [-0.39, 0.29) is 19.5 Å². The molecule has 0 spiro atoms. The normalized spacial score (nSPS) is 12.1. The zero-order valence-corrected chi connectivity index (χ0v) is 13.2. The summed E-state index contributed by atoms with van der Waals surface area (Å²) in [6.45, 7) is 6.87. The zero-order chi connectivity index (χ0) is 16.3. The van der Waals surface area contributed by atoms with Crippen molar-refractivity contribution >= 4 is 18.9 Å². The van der Waals surface area contributed by atoms with Crippen LogP contribution in [0.5, 0.6) is 0 Å². The molecule has 0 saturated heterocycles. The summed E-state index contributed by atoms with van der Waals surface area (Å²) in [5, 5.41) is 10.00. The van der Waals surface area contributed by atoms with Crippen LogP contribution in [0.2, 0.25) is 0 Å². The van der Waals surface area contributed by atoms with Gasteiger partial charge in [-0.2, -0.15) is 0 Å². The van der Waals surface area contributed by atoms with E-state index in [1.54, 1.807) is 39.8 Å². The Morgan fingerprint density at radius 2 is 1.95 bits per heavy atom. The minimum absolute atomic E-state index is 0.0986. The van der Waals surface area contributed by atoms with Gasteiger partial charge in [0, 0.05) is 0 Å². The largest absolute Gasteiger partial charge is 0.469 e. The number of aliphatic hydroxyl groups is 1. The van der Waals surface area contributed by atoms with Crippen molar-refractivity contribution in [3.8, 4) is 0 Å². The number of ether oxygens (including phenoxy) is 1. The van der Waals surface area contributed by atoms with Crippen LogP contribution in [-0.2, 0) is 20.6 Å². The van der Waals surface area contributed by atoms with Crippen molar-refractivity contribution in [3.05, 3.63) is 29.6 Å². The average Bonchev–Trinajstić information content (AvgIpc) is 2.37. The molecule has 0 aliphatic heterocycles. The van der Waals surface area contributed by atoms with Gasteiger partial charge in [0.15, 0.2) is 0 Å². The van der Waals surface area contributed by atoms with E-state index in [9.17, 15) is 14.3 Å². The van der Waals surface area contributed by atoms with Crippen molar-refractivity contribution in [2.24, 2.45) is 0 Å². The maximum Gasteiger partial charge on any atom is 0.310 e. The van der Waals surface area contributed by atoms with Gasteiger partial charge in [-0.05, 0) is 44.8 Å². The first-order valence-corrected chi connectivity index (χ1v) is 6.77. The lowest BCUT2D eigenvalue weighted by Gasteiger charge is -2.37. The summed E-state index contributed by atoms with van der Waals surface area (Å²) in [6, 6.07) is 4.57. The number of benzene rings is 1. The number of methoxy groups -OCH3 is 1. The fourth-order valence-electron chi connectivity index (χ4n) is 1.49. The van der Waals surface area contributed by atoms with Gasteiger partial charge in [-0.25, -0.2) is 4.39 Å². The molecule has 1 aromatic carbocycles. The smallest absolute Gasteiger partial charge is 0.310 e. The summed E-state index contributed by atoms with van der Waals surface area (Å²) in [7, 11) is 1.44. The second-order valence-electron chi connectivity index (χ2n) is 6.04. The first kappa shape index (κ1) is 17.7. The molecule has 0 heterocycles. The van der Waals surface area contributed by atoms with Crippen molar-refractivity contribution in [2.45, 2.75) is 45.3 Å². The van der Waals surface area contributed by atoms with Crippen LogP contribution >= 0.6 is 0 Å². The Balaban J connectivity index is 2.75. The molecule has 0 amide bonds. The van der Waals surface area contributed by atoms with E-state index in [0.29, 0.717) is 5.46 Å². The molecule has 0 bridgehead atoms. The molecule has 0 aromatic heterocycles. The topological polar surface area (TPSA) is 55.8 Å². The predicted octanol–water partition coefficient (Wildman–Crippen LogP) is 1.08. The minimum Gasteiger partial charge on any atom is -0.469 e. The van der Waals surface area contributed by atoms with Gasteiger partial charge in [-0.1, -0.05) is 12.1 Å². The van der Waals surface area contributed by atoms with Crippen molar-refractivity contribution in [1.82, 2.24) is 0 Å². The number of carbonyl (C=O) groups is 1. The van der Waals surface area contributed by atoms with Crippen LogP contribution in [-0.4, -0.2) is 36.9 Å². The molecule has 0 aliphatic rings.